The molecule has 90 valence electrons. The van der Waals surface area contributed by atoms with Crippen LogP contribution < -0.4 is 0 Å². The Hall–Kier alpha value is -1.34. The first-order valence-corrected chi connectivity index (χ1v) is 6.46. The molecule has 0 amide bonds. The molecule has 0 bridgehead atoms. The highest BCUT2D eigenvalue weighted by Gasteiger charge is 2.15. The number of alkyl halides is 1. The maximum absolute atomic E-state index is 11.4. The number of nitriles is 1. The minimum atomic E-state index is -0.322. The van der Waals surface area contributed by atoms with Gasteiger partial charge >= 0.3 is 5.97 Å². The van der Waals surface area contributed by atoms with Crippen LogP contribution in [0, 0.1) is 11.3 Å². The van der Waals surface area contributed by atoms with Crippen molar-refractivity contribution in [2.24, 2.45) is 0 Å². The van der Waals surface area contributed by atoms with E-state index >= 15 is 0 Å². The van der Waals surface area contributed by atoms with Crippen LogP contribution in [0.1, 0.15) is 29.2 Å². The second kappa shape index (κ2) is 6.41. The standard InChI is InChI=1S/C13H14BrNO2/c1-3-9-4-5-10(8-15)11(12(9)7-14)6-13(16)17-2/h4-5H,3,6-7H2,1-2H3. The lowest BCUT2D eigenvalue weighted by molar-refractivity contribution is -0.139. The molecule has 0 atom stereocenters. The number of methoxy groups -OCH3 is 1. The number of carbonyl (C=O) groups excluding carboxylic acids is 1. The zero-order valence-electron chi connectivity index (χ0n) is 9.92. The van der Waals surface area contributed by atoms with Gasteiger partial charge in [0.1, 0.15) is 0 Å². The third-order valence-electron chi connectivity index (χ3n) is 2.71. The molecule has 17 heavy (non-hydrogen) atoms. The summed E-state index contributed by atoms with van der Waals surface area (Å²) < 4.78 is 4.66. The van der Waals surface area contributed by atoms with Gasteiger partial charge in [0.25, 0.3) is 0 Å². The van der Waals surface area contributed by atoms with E-state index in [1.54, 1.807) is 6.07 Å². The van der Waals surface area contributed by atoms with Crippen molar-refractivity contribution in [3.63, 3.8) is 0 Å². The predicted molar refractivity (Wildman–Crippen MR) is 68.9 cm³/mol. The summed E-state index contributed by atoms with van der Waals surface area (Å²) in [6.07, 6.45) is 1.02. The van der Waals surface area contributed by atoms with Crippen molar-refractivity contribution in [1.29, 1.82) is 5.26 Å². The Morgan fingerprint density at radius 1 is 1.47 bits per heavy atom. The Bertz CT molecular complexity index is 463. The number of carbonyl (C=O) groups is 1. The molecule has 0 aliphatic rings. The first kappa shape index (κ1) is 13.7. The van der Waals surface area contributed by atoms with E-state index in [0.29, 0.717) is 10.9 Å². The van der Waals surface area contributed by atoms with Gasteiger partial charge in [0, 0.05) is 5.33 Å². The van der Waals surface area contributed by atoms with E-state index in [1.165, 1.54) is 7.11 Å². The van der Waals surface area contributed by atoms with Gasteiger partial charge in [0.05, 0.1) is 25.2 Å². The lowest BCUT2D eigenvalue weighted by atomic mass is 9.94. The molecule has 0 saturated carbocycles. The van der Waals surface area contributed by atoms with E-state index in [9.17, 15) is 4.79 Å². The topological polar surface area (TPSA) is 50.1 Å². The Morgan fingerprint density at radius 3 is 2.65 bits per heavy atom. The van der Waals surface area contributed by atoms with Crippen molar-refractivity contribution < 1.29 is 9.53 Å². The molecular weight excluding hydrogens is 282 g/mol. The van der Waals surface area contributed by atoms with E-state index in [0.717, 1.165) is 23.1 Å². The molecule has 0 spiro atoms. The molecule has 1 aromatic rings. The number of esters is 1. The minimum absolute atomic E-state index is 0.147. The van der Waals surface area contributed by atoms with Gasteiger partial charge in [0.2, 0.25) is 0 Å². The average molecular weight is 296 g/mol. The van der Waals surface area contributed by atoms with Gasteiger partial charge in [0.15, 0.2) is 0 Å². The van der Waals surface area contributed by atoms with Crippen LogP contribution in [0.4, 0.5) is 0 Å². The van der Waals surface area contributed by atoms with E-state index in [4.69, 9.17) is 5.26 Å². The van der Waals surface area contributed by atoms with Crippen LogP contribution in [0.2, 0.25) is 0 Å². The van der Waals surface area contributed by atoms with E-state index in [-0.39, 0.29) is 12.4 Å². The van der Waals surface area contributed by atoms with Gasteiger partial charge in [-0.25, -0.2) is 0 Å². The Labute approximate surface area is 110 Å². The molecular formula is C13H14BrNO2. The molecule has 0 fully saturated rings. The summed E-state index contributed by atoms with van der Waals surface area (Å²) >= 11 is 3.41. The third-order valence-corrected chi connectivity index (χ3v) is 3.27. The number of hydrogen-bond donors (Lipinski definition) is 0. The fourth-order valence-electron chi connectivity index (χ4n) is 1.76. The second-order valence-corrected chi connectivity index (χ2v) is 4.14. The largest absolute Gasteiger partial charge is 0.469 e. The molecule has 4 heteroatoms. The maximum atomic E-state index is 11.4. The number of nitrogens with zero attached hydrogens (tertiary/aromatic N) is 1. The number of benzene rings is 1. The van der Waals surface area contributed by atoms with Crippen molar-refractivity contribution in [1.82, 2.24) is 0 Å². The van der Waals surface area contributed by atoms with Crippen molar-refractivity contribution in [2.75, 3.05) is 7.11 Å². The van der Waals surface area contributed by atoms with Crippen molar-refractivity contribution in [2.45, 2.75) is 25.1 Å². The van der Waals surface area contributed by atoms with Gasteiger partial charge in [-0.15, -0.1) is 0 Å². The first-order valence-electron chi connectivity index (χ1n) is 5.34. The van der Waals surface area contributed by atoms with Crippen LogP contribution in [0.25, 0.3) is 0 Å². The molecule has 3 nitrogen and oxygen atoms in total. The molecule has 0 aliphatic heterocycles. The number of rotatable bonds is 4. The summed E-state index contributed by atoms with van der Waals surface area (Å²) in [6, 6.07) is 5.83. The van der Waals surface area contributed by atoms with Crippen molar-refractivity contribution in [3.05, 3.63) is 34.4 Å². The van der Waals surface area contributed by atoms with Gasteiger partial charge < -0.3 is 4.74 Å². The Kier molecular flexibility index (Phi) is 5.17. The Balaban J connectivity index is 3.31. The Morgan fingerprint density at radius 2 is 2.18 bits per heavy atom. The van der Waals surface area contributed by atoms with Crippen LogP contribution in [0.3, 0.4) is 0 Å². The lowest BCUT2D eigenvalue weighted by Crippen LogP contribution is -2.10. The normalized spacial score (nSPS) is 9.76. The minimum Gasteiger partial charge on any atom is -0.469 e. The quantitative estimate of drug-likeness (QED) is 0.634. The highest BCUT2D eigenvalue weighted by Crippen LogP contribution is 2.23. The summed E-state index contributed by atoms with van der Waals surface area (Å²) in [5.41, 5.74) is 3.49. The van der Waals surface area contributed by atoms with Crippen LogP contribution in [0.5, 0.6) is 0 Å². The summed E-state index contributed by atoms with van der Waals surface area (Å²) in [5.74, 6) is -0.322. The van der Waals surface area contributed by atoms with Crippen LogP contribution in [-0.4, -0.2) is 13.1 Å². The summed E-state index contributed by atoms with van der Waals surface area (Å²) in [4.78, 5) is 11.4. The van der Waals surface area contributed by atoms with Crippen molar-refractivity contribution >= 4 is 21.9 Å². The SMILES string of the molecule is CCc1ccc(C#N)c(CC(=O)OC)c1CBr. The molecule has 0 heterocycles. The first-order chi connectivity index (χ1) is 8.17. The zero-order valence-corrected chi connectivity index (χ0v) is 11.5. The lowest BCUT2D eigenvalue weighted by Gasteiger charge is -2.12. The number of aryl methyl sites for hydroxylation is 1. The molecule has 0 aromatic heterocycles. The average Bonchev–Trinajstić information content (AvgIpc) is 2.37. The fourth-order valence-corrected chi connectivity index (χ4v) is 2.46. The van der Waals surface area contributed by atoms with Crippen LogP contribution >= 0.6 is 15.9 Å². The van der Waals surface area contributed by atoms with Gasteiger partial charge in [-0.05, 0) is 29.2 Å². The molecule has 0 aliphatic carbocycles. The number of hydrogen-bond acceptors (Lipinski definition) is 3. The monoisotopic (exact) mass is 295 g/mol. The molecule has 0 saturated heterocycles. The van der Waals surface area contributed by atoms with Crippen molar-refractivity contribution in [3.8, 4) is 6.07 Å². The highest BCUT2D eigenvalue weighted by molar-refractivity contribution is 9.08. The van der Waals surface area contributed by atoms with Gasteiger partial charge in [-0.1, -0.05) is 28.9 Å². The molecule has 0 radical (unpaired) electrons. The van der Waals surface area contributed by atoms with Crippen LogP contribution in [-0.2, 0) is 27.7 Å². The zero-order chi connectivity index (χ0) is 12.8. The van der Waals surface area contributed by atoms with E-state index in [2.05, 4.69) is 33.7 Å². The van der Waals surface area contributed by atoms with E-state index in [1.807, 2.05) is 6.07 Å². The van der Waals surface area contributed by atoms with Gasteiger partial charge in [-0.2, -0.15) is 5.26 Å². The smallest absolute Gasteiger partial charge is 0.310 e. The molecule has 0 unspecified atom stereocenters. The van der Waals surface area contributed by atoms with Crippen LogP contribution in [0.15, 0.2) is 12.1 Å². The predicted octanol–water partition coefficient (Wildman–Crippen LogP) is 2.73. The summed E-state index contributed by atoms with van der Waals surface area (Å²) in [6.45, 7) is 2.05. The summed E-state index contributed by atoms with van der Waals surface area (Å²) in [5, 5.41) is 9.71. The molecule has 1 aromatic carbocycles. The number of halogens is 1. The highest BCUT2D eigenvalue weighted by atomic mass is 79.9. The van der Waals surface area contributed by atoms with E-state index < -0.39 is 0 Å². The maximum Gasteiger partial charge on any atom is 0.310 e. The summed E-state index contributed by atoms with van der Waals surface area (Å²) in [7, 11) is 1.35. The second-order valence-electron chi connectivity index (χ2n) is 3.58. The van der Waals surface area contributed by atoms with Gasteiger partial charge in [-0.3, -0.25) is 4.79 Å². The third kappa shape index (κ3) is 3.07. The molecule has 0 N–H and O–H groups in total. The fraction of sp³-hybridized carbons (Fsp3) is 0.385. The molecule has 1 rings (SSSR count). The number of ether oxygens (including phenoxy) is 1.